The predicted octanol–water partition coefficient (Wildman–Crippen LogP) is 3.12. The van der Waals surface area contributed by atoms with E-state index in [0.29, 0.717) is 0 Å². The van der Waals surface area contributed by atoms with Crippen LogP contribution in [0.1, 0.15) is 36.0 Å². The maximum atomic E-state index is 3.51. The van der Waals surface area contributed by atoms with Crippen molar-refractivity contribution in [3.63, 3.8) is 0 Å². The molecule has 0 spiro atoms. The van der Waals surface area contributed by atoms with Crippen LogP contribution >= 0.6 is 0 Å². The molecule has 1 fully saturated rings. The third-order valence-electron chi connectivity index (χ3n) is 4.26. The van der Waals surface area contributed by atoms with E-state index in [1.165, 1.54) is 55.6 Å². The van der Waals surface area contributed by atoms with E-state index < -0.39 is 0 Å². The van der Waals surface area contributed by atoms with Crippen molar-refractivity contribution in [2.75, 3.05) is 26.7 Å². The summed E-state index contributed by atoms with van der Waals surface area (Å²) < 4.78 is 0. The van der Waals surface area contributed by atoms with Gasteiger partial charge in [-0.25, -0.2) is 0 Å². The molecule has 0 saturated carbocycles. The fourth-order valence-corrected chi connectivity index (χ4v) is 2.97. The molecule has 0 aliphatic carbocycles. The summed E-state index contributed by atoms with van der Waals surface area (Å²) in [5.74, 6) is 0.885. The van der Waals surface area contributed by atoms with Crippen molar-refractivity contribution in [3.05, 3.63) is 34.9 Å². The first-order chi connectivity index (χ1) is 9.15. The highest BCUT2D eigenvalue weighted by atomic mass is 15.1. The van der Waals surface area contributed by atoms with Gasteiger partial charge in [-0.05, 0) is 76.8 Å². The van der Waals surface area contributed by atoms with Crippen molar-refractivity contribution >= 4 is 0 Å². The molecule has 1 N–H and O–H groups in total. The Bertz CT molecular complexity index is 394. The molecular formula is C17H28N2. The lowest BCUT2D eigenvalue weighted by atomic mass is 9.96. The molecule has 2 nitrogen and oxygen atoms in total. The maximum Gasteiger partial charge on any atom is 0.0233 e. The third-order valence-corrected chi connectivity index (χ3v) is 4.26. The Hall–Kier alpha value is -0.860. The van der Waals surface area contributed by atoms with Gasteiger partial charge in [0, 0.05) is 6.54 Å². The third kappa shape index (κ3) is 4.63. The minimum Gasteiger partial charge on any atom is -0.316 e. The maximum absolute atomic E-state index is 3.51. The number of nitrogens with zero attached hydrogens (tertiary/aromatic N) is 1. The molecule has 0 amide bonds. The van der Waals surface area contributed by atoms with E-state index in [2.05, 4.69) is 49.3 Å². The molecule has 0 radical (unpaired) electrons. The van der Waals surface area contributed by atoms with Crippen LogP contribution in [0.4, 0.5) is 0 Å². The zero-order valence-electron chi connectivity index (χ0n) is 12.7. The lowest BCUT2D eigenvalue weighted by molar-refractivity contribution is 0.268. The Kier molecular flexibility index (Phi) is 5.41. The summed E-state index contributed by atoms with van der Waals surface area (Å²) in [4.78, 5) is 2.46. The van der Waals surface area contributed by atoms with Crippen LogP contribution in [-0.4, -0.2) is 31.6 Å². The predicted molar refractivity (Wildman–Crippen MR) is 82.5 cm³/mol. The van der Waals surface area contributed by atoms with E-state index in [4.69, 9.17) is 0 Å². The molecule has 1 saturated heterocycles. The van der Waals surface area contributed by atoms with E-state index >= 15 is 0 Å². The normalized spacial score (nSPS) is 19.9. The van der Waals surface area contributed by atoms with Gasteiger partial charge in [0.25, 0.3) is 0 Å². The van der Waals surface area contributed by atoms with Gasteiger partial charge in [0.1, 0.15) is 0 Å². The van der Waals surface area contributed by atoms with Crippen LogP contribution in [0.2, 0.25) is 0 Å². The van der Waals surface area contributed by atoms with Crippen LogP contribution < -0.4 is 5.32 Å². The average molecular weight is 260 g/mol. The van der Waals surface area contributed by atoms with Crippen LogP contribution in [0.15, 0.2) is 18.2 Å². The molecule has 2 rings (SSSR count). The minimum atomic E-state index is 0.885. The van der Waals surface area contributed by atoms with Crippen molar-refractivity contribution < 1.29 is 0 Å². The molecule has 1 heterocycles. The number of aryl methyl sites for hydroxylation is 2. The molecule has 1 unspecified atom stereocenters. The van der Waals surface area contributed by atoms with Crippen molar-refractivity contribution in [2.24, 2.45) is 5.92 Å². The molecule has 1 aromatic rings. The van der Waals surface area contributed by atoms with Gasteiger partial charge in [-0.15, -0.1) is 0 Å². The van der Waals surface area contributed by atoms with Gasteiger partial charge >= 0.3 is 0 Å². The molecule has 1 aliphatic heterocycles. The van der Waals surface area contributed by atoms with Gasteiger partial charge in [-0.2, -0.15) is 0 Å². The number of hydrogen-bond acceptors (Lipinski definition) is 2. The lowest BCUT2D eigenvalue weighted by Crippen LogP contribution is -2.32. The lowest BCUT2D eigenvalue weighted by Gasteiger charge is -2.25. The number of nitrogens with one attached hydrogen (secondary N) is 1. The summed E-state index contributed by atoms with van der Waals surface area (Å²) in [7, 11) is 2.25. The van der Waals surface area contributed by atoms with E-state index in [1.807, 2.05) is 0 Å². The monoisotopic (exact) mass is 260 g/mol. The fraction of sp³-hybridized carbons (Fsp3) is 0.647. The minimum absolute atomic E-state index is 0.885. The van der Waals surface area contributed by atoms with E-state index in [1.54, 1.807) is 0 Å². The Balaban J connectivity index is 1.78. The van der Waals surface area contributed by atoms with Gasteiger partial charge in [-0.3, -0.25) is 0 Å². The zero-order chi connectivity index (χ0) is 13.7. The molecule has 106 valence electrons. The summed E-state index contributed by atoms with van der Waals surface area (Å²) in [6.07, 6.45) is 4.09. The topological polar surface area (TPSA) is 15.3 Å². The molecule has 1 aromatic carbocycles. The second-order valence-corrected chi connectivity index (χ2v) is 6.17. The number of piperidine rings is 1. The number of rotatable bonds is 5. The van der Waals surface area contributed by atoms with Crippen LogP contribution in [0, 0.1) is 19.8 Å². The standard InChI is InChI=1S/C17H28N2/c1-14-6-7-17(15(2)11-14)13-19(3)10-8-16-5-4-9-18-12-16/h6-7,11,16,18H,4-5,8-10,12-13H2,1-3H3. The van der Waals surface area contributed by atoms with Gasteiger partial charge in [0.05, 0.1) is 0 Å². The first-order valence-corrected chi connectivity index (χ1v) is 7.60. The molecule has 1 aliphatic rings. The fourth-order valence-electron chi connectivity index (χ4n) is 2.97. The van der Waals surface area contributed by atoms with Crippen molar-refractivity contribution in [3.8, 4) is 0 Å². The molecular weight excluding hydrogens is 232 g/mol. The molecule has 2 heteroatoms. The second kappa shape index (κ2) is 7.06. The first-order valence-electron chi connectivity index (χ1n) is 7.60. The zero-order valence-corrected chi connectivity index (χ0v) is 12.7. The Labute approximate surface area is 118 Å². The average Bonchev–Trinajstić information content (AvgIpc) is 2.41. The van der Waals surface area contributed by atoms with Crippen LogP contribution in [-0.2, 0) is 6.54 Å². The Morgan fingerprint density at radius 2 is 2.16 bits per heavy atom. The summed E-state index contributed by atoms with van der Waals surface area (Å²) in [6.45, 7) is 9.11. The number of hydrogen-bond donors (Lipinski definition) is 1. The van der Waals surface area contributed by atoms with Crippen molar-refractivity contribution in [2.45, 2.75) is 39.7 Å². The Morgan fingerprint density at radius 1 is 1.32 bits per heavy atom. The second-order valence-electron chi connectivity index (χ2n) is 6.17. The van der Waals surface area contributed by atoms with Crippen LogP contribution in [0.25, 0.3) is 0 Å². The van der Waals surface area contributed by atoms with Crippen LogP contribution in [0.5, 0.6) is 0 Å². The van der Waals surface area contributed by atoms with Crippen molar-refractivity contribution in [1.29, 1.82) is 0 Å². The highest BCUT2D eigenvalue weighted by Gasteiger charge is 2.13. The van der Waals surface area contributed by atoms with Crippen molar-refractivity contribution in [1.82, 2.24) is 10.2 Å². The largest absolute Gasteiger partial charge is 0.316 e. The Morgan fingerprint density at radius 3 is 2.84 bits per heavy atom. The molecule has 0 bridgehead atoms. The van der Waals surface area contributed by atoms with E-state index in [0.717, 1.165) is 12.5 Å². The highest BCUT2D eigenvalue weighted by molar-refractivity contribution is 5.30. The number of benzene rings is 1. The first kappa shape index (κ1) is 14.5. The van der Waals surface area contributed by atoms with Crippen LogP contribution in [0.3, 0.4) is 0 Å². The highest BCUT2D eigenvalue weighted by Crippen LogP contribution is 2.16. The van der Waals surface area contributed by atoms with Gasteiger partial charge in [-0.1, -0.05) is 23.8 Å². The summed E-state index contributed by atoms with van der Waals surface area (Å²) in [5.41, 5.74) is 4.25. The molecule has 0 aromatic heterocycles. The summed E-state index contributed by atoms with van der Waals surface area (Å²) >= 11 is 0. The quantitative estimate of drug-likeness (QED) is 0.875. The smallest absolute Gasteiger partial charge is 0.0233 e. The van der Waals surface area contributed by atoms with Gasteiger partial charge in [0.2, 0.25) is 0 Å². The summed E-state index contributed by atoms with van der Waals surface area (Å²) in [6, 6.07) is 6.79. The van der Waals surface area contributed by atoms with E-state index in [9.17, 15) is 0 Å². The molecule has 1 atom stereocenters. The summed E-state index contributed by atoms with van der Waals surface area (Å²) in [5, 5.41) is 3.51. The molecule has 19 heavy (non-hydrogen) atoms. The van der Waals surface area contributed by atoms with Gasteiger partial charge < -0.3 is 10.2 Å². The SMILES string of the molecule is Cc1ccc(CN(C)CCC2CCCNC2)c(C)c1. The van der Waals surface area contributed by atoms with E-state index in [-0.39, 0.29) is 0 Å². The van der Waals surface area contributed by atoms with Gasteiger partial charge in [0.15, 0.2) is 0 Å².